The van der Waals surface area contributed by atoms with E-state index in [1.165, 1.54) is 0 Å². The molecule has 1 N–H and O–H groups in total. The molecule has 1 nitrogen and oxygen atoms in total. The Balaban J connectivity index is 2.02. The van der Waals surface area contributed by atoms with E-state index in [4.69, 9.17) is 0 Å². The predicted molar refractivity (Wildman–Crippen MR) is 65.9 cm³/mol. The third kappa shape index (κ3) is 2.91. The minimum Gasteiger partial charge on any atom is -0.306 e. The lowest BCUT2D eigenvalue weighted by molar-refractivity contribution is 0.443. The number of benzene rings is 1. The van der Waals surface area contributed by atoms with Crippen LogP contribution in [0.3, 0.4) is 0 Å². The summed E-state index contributed by atoms with van der Waals surface area (Å²) in [5.74, 6) is -3.74. The Morgan fingerprint density at radius 1 is 1.22 bits per heavy atom. The maximum atomic E-state index is 13.0. The molecule has 18 heavy (non-hydrogen) atoms. The second-order valence-electron chi connectivity index (χ2n) is 4.03. The van der Waals surface area contributed by atoms with Crippen LogP contribution >= 0.6 is 11.3 Å². The second-order valence-corrected chi connectivity index (χ2v) is 4.81. The minimum atomic E-state index is -1.43. The standard InChI is InChI=1S/C13H12F3NS/c1-8(10-2-3-18-7-10)17-6-9-4-11(14)13(16)12(15)5-9/h2-5,7-8,17H,6H2,1H3. The third-order valence-electron chi connectivity index (χ3n) is 2.70. The summed E-state index contributed by atoms with van der Waals surface area (Å²) in [5.41, 5.74) is 1.50. The highest BCUT2D eigenvalue weighted by Crippen LogP contribution is 2.17. The van der Waals surface area contributed by atoms with E-state index in [1.54, 1.807) is 11.3 Å². The van der Waals surface area contributed by atoms with Gasteiger partial charge in [0.15, 0.2) is 17.5 Å². The Morgan fingerprint density at radius 2 is 1.89 bits per heavy atom. The van der Waals surface area contributed by atoms with Crippen molar-refractivity contribution in [3.05, 3.63) is 57.5 Å². The molecule has 0 bridgehead atoms. The van der Waals surface area contributed by atoms with Gasteiger partial charge in [-0.3, -0.25) is 0 Å². The minimum absolute atomic E-state index is 0.0763. The van der Waals surface area contributed by atoms with Crippen molar-refractivity contribution in [3.8, 4) is 0 Å². The summed E-state index contributed by atoms with van der Waals surface area (Å²) in [5, 5.41) is 7.09. The molecule has 0 saturated heterocycles. The van der Waals surface area contributed by atoms with Gasteiger partial charge < -0.3 is 5.32 Å². The number of halogens is 3. The number of hydrogen-bond acceptors (Lipinski definition) is 2. The van der Waals surface area contributed by atoms with Crippen LogP contribution in [0.1, 0.15) is 24.1 Å². The van der Waals surface area contributed by atoms with Crippen molar-refractivity contribution in [2.45, 2.75) is 19.5 Å². The zero-order valence-electron chi connectivity index (χ0n) is 9.71. The Hall–Kier alpha value is -1.33. The lowest BCUT2D eigenvalue weighted by atomic mass is 10.1. The molecule has 96 valence electrons. The fourth-order valence-electron chi connectivity index (χ4n) is 1.62. The average molecular weight is 271 g/mol. The molecule has 1 heterocycles. The molecule has 1 aromatic heterocycles. The van der Waals surface area contributed by atoms with Crippen molar-refractivity contribution < 1.29 is 13.2 Å². The summed E-state index contributed by atoms with van der Waals surface area (Å²) in [6.45, 7) is 2.24. The normalized spacial score (nSPS) is 12.7. The number of thiophene rings is 1. The summed E-state index contributed by atoms with van der Waals surface area (Å²) in [4.78, 5) is 0. The van der Waals surface area contributed by atoms with Gasteiger partial charge in [0.05, 0.1) is 0 Å². The van der Waals surface area contributed by atoms with Crippen molar-refractivity contribution in [2.75, 3.05) is 0 Å². The summed E-state index contributed by atoms with van der Waals surface area (Å²) >= 11 is 1.59. The summed E-state index contributed by atoms with van der Waals surface area (Å²) in [6.07, 6.45) is 0. The summed E-state index contributed by atoms with van der Waals surface area (Å²) < 4.78 is 38.8. The second kappa shape index (κ2) is 5.54. The van der Waals surface area contributed by atoms with Crippen LogP contribution in [-0.2, 0) is 6.54 Å². The number of rotatable bonds is 4. The summed E-state index contributed by atoms with van der Waals surface area (Å²) in [7, 11) is 0. The highest BCUT2D eigenvalue weighted by Gasteiger charge is 2.11. The van der Waals surface area contributed by atoms with Gasteiger partial charge in [-0.1, -0.05) is 0 Å². The quantitative estimate of drug-likeness (QED) is 0.828. The van der Waals surface area contributed by atoms with Gasteiger partial charge in [-0.25, -0.2) is 13.2 Å². The van der Waals surface area contributed by atoms with Gasteiger partial charge in [0.1, 0.15) is 0 Å². The third-order valence-corrected chi connectivity index (χ3v) is 3.40. The first-order valence-corrected chi connectivity index (χ1v) is 6.41. The molecule has 0 radical (unpaired) electrons. The van der Waals surface area contributed by atoms with E-state index in [2.05, 4.69) is 5.32 Å². The van der Waals surface area contributed by atoms with Crippen LogP contribution < -0.4 is 5.32 Å². The molecule has 2 aromatic rings. The zero-order chi connectivity index (χ0) is 13.1. The number of hydrogen-bond donors (Lipinski definition) is 1. The SMILES string of the molecule is CC(NCc1cc(F)c(F)c(F)c1)c1ccsc1. The molecule has 1 aromatic carbocycles. The summed E-state index contributed by atoms with van der Waals surface area (Å²) in [6, 6.07) is 4.07. The molecule has 0 fully saturated rings. The molecule has 2 rings (SSSR count). The van der Waals surface area contributed by atoms with Gasteiger partial charge in [0.2, 0.25) is 0 Å². The smallest absolute Gasteiger partial charge is 0.194 e. The molecule has 5 heteroatoms. The van der Waals surface area contributed by atoms with Crippen molar-refractivity contribution in [2.24, 2.45) is 0 Å². The van der Waals surface area contributed by atoms with Crippen LogP contribution in [0.15, 0.2) is 29.0 Å². The van der Waals surface area contributed by atoms with Crippen LogP contribution in [0.2, 0.25) is 0 Å². The Labute approximate surface area is 107 Å². The Morgan fingerprint density at radius 3 is 2.44 bits per heavy atom. The molecule has 0 amide bonds. The van der Waals surface area contributed by atoms with Gasteiger partial charge in [-0.15, -0.1) is 0 Å². The van der Waals surface area contributed by atoms with Gasteiger partial charge in [0.25, 0.3) is 0 Å². The Bertz CT molecular complexity index is 502. The first kappa shape index (κ1) is 13.1. The highest BCUT2D eigenvalue weighted by molar-refractivity contribution is 7.07. The first-order chi connectivity index (χ1) is 8.58. The van der Waals surface area contributed by atoms with Gasteiger partial charge in [-0.2, -0.15) is 11.3 Å². The Kier molecular flexibility index (Phi) is 4.04. The average Bonchev–Trinajstić information content (AvgIpc) is 2.86. The van der Waals surface area contributed by atoms with Gasteiger partial charge >= 0.3 is 0 Å². The first-order valence-electron chi connectivity index (χ1n) is 5.47. The molecule has 0 saturated carbocycles. The molecule has 0 aliphatic heterocycles. The van der Waals surface area contributed by atoms with Crippen LogP contribution in [0.4, 0.5) is 13.2 Å². The zero-order valence-corrected chi connectivity index (χ0v) is 10.5. The van der Waals surface area contributed by atoms with Gasteiger partial charge in [-0.05, 0) is 47.0 Å². The van der Waals surface area contributed by atoms with E-state index in [0.29, 0.717) is 5.56 Å². The van der Waals surface area contributed by atoms with Crippen molar-refractivity contribution >= 4 is 11.3 Å². The van der Waals surface area contributed by atoms with Crippen molar-refractivity contribution in [3.63, 3.8) is 0 Å². The molecule has 0 aliphatic carbocycles. The lowest BCUT2D eigenvalue weighted by Gasteiger charge is -2.12. The number of nitrogens with one attached hydrogen (secondary N) is 1. The van der Waals surface area contributed by atoms with Crippen LogP contribution in [0, 0.1) is 17.5 Å². The molecule has 0 aliphatic rings. The molecule has 0 spiro atoms. The monoisotopic (exact) mass is 271 g/mol. The van der Waals surface area contributed by atoms with Crippen LogP contribution in [0.25, 0.3) is 0 Å². The van der Waals surface area contributed by atoms with E-state index < -0.39 is 17.5 Å². The van der Waals surface area contributed by atoms with Crippen LogP contribution in [0.5, 0.6) is 0 Å². The molecule has 1 atom stereocenters. The molecular weight excluding hydrogens is 259 g/mol. The highest BCUT2D eigenvalue weighted by atomic mass is 32.1. The van der Waals surface area contributed by atoms with Crippen molar-refractivity contribution in [1.29, 1.82) is 0 Å². The maximum absolute atomic E-state index is 13.0. The van der Waals surface area contributed by atoms with E-state index in [9.17, 15) is 13.2 Å². The fourth-order valence-corrected chi connectivity index (χ4v) is 2.37. The topological polar surface area (TPSA) is 12.0 Å². The van der Waals surface area contributed by atoms with E-state index in [-0.39, 0.29) is 12.6 Å². The fraction of sp³-hybridized carbons (Fsp3) is 0.231. The molecular formula is C13H12F3NS. The van der Waals surface area contributed by atoms with Crippen LogP contribution in [-0.4, -0.2) is 0 Å². The lowest BCUT2D eigenvalue weighted by Crippen LogP contribution is -2.18. The predicted octanol–water partition coefficient (Wildman–Crippen LogP) is 4.02. The van der Waals surface area contributed by atoms with E-state index >= 15 is 0 Å². The van der Waals surface area contributed by atoms with Crippen molar-refractivity contribution in [1.82, 2.24) is 5.32 Å². The maximum Gasteiger partial charge on any atom is 0.194 e. The van der Waals surface area contributed by atoms with E-state index in [0.717, 1.165) is 17.7 Å². The van der Waals surface area contributed by atoms with Gasteiger partial charge in [0, 0.05) is 12.6 Å². The molecule has 1 unspecified atom stereocenters. The largest absolute Gasteiger partial charge is 0.306 e. The van der Waals surface area contributed by atoms with E-state index in [1.807, 2.05) is 23.8 Å².